The van der Waals surface area contributed by atoms with Crippen LogP contribution >= 0.6 is 0 Å². The Balaban J connectivity index is 1.21. The maximum absolute atomic E-state index is 13.4. The van der Waals surface area contributed by atoms with Crippen LogP contribution in [0.15, 0.2) is 30.5 Å². The molecule has 2 aliphatic heterocycles. The topological polar surface area (TPSA) is 114 Å². The molecule has 6 rings (SSSR count). The maximum Gasteiger partial charge on any atom is 0.270 e. The minimum atomic E-state index is -0.625. The molecule has 1 aromatic heterocycles. The number of carbonyl (C=O) groups is 3. The summed E-state index contributed by atoms with van der Waals surface area (Å²) < 4.78 is 6.98. The van der Waals surface area contributed by atoms with Gasteiger partial charge in [0.25, 0.3) is 5.91 Å². The molecule has 1 spiro atoms. The number of hydrogen-bond donors (Lipinski definition) is 3. The van der Waals surface area contributed by atoms with Crippen LogP contribution < -0.4 is 16.0 Å². The van der Waals surface area contributed by atoms with Gasteiger partial charge >= 0.3 is 0 Å². The predicted octanol–water partition coefficient (Wildman–Crippen LogP) is 2.20. The first kappa shape index (κ1) is 21.3. The Morgan fingerprint density at radius 2 is 1.94 bits per heavy atom. The lowest BCUT2D eigenvalue weighted by atomic mass is 9.75. The lowest BCUT2D eigenvalue weighted by Gasteiger charge is -2.31. The molecule has 3 N–H and O–H groups in total. The summed E-state index contributed by atoms with van der Waals surface area (Å²) >= 11 is 0. The van der Waals surface area contributed by atoms with Crippen molar-refractivity contribution in [1.82, 2.24) is 15.1 Å². The average Bonchev–Trinajstić information content (AvgIpc) is 3.12. The van der Waals surface area contributed by atoms with E-state index >= 15 is 0 Å². The number of benzene rings is 1. The second kappa shape index (κ2) is 7.94. The van der Waals surface area contributed by atoms with Crippen molar-refractivity contribution in [3.63, 3.8) is 0 Å². The zero-order valence-electron chi connectivity index (χ0n) is 19.2. The minimum Gasteiger partial charge on any atom is -0.381 e. The van der Waals surface area contributed by atoms with E-state index < -0.39 is 11.5 Å². The van der Waals surface area contributed by atoms with Gasteiger partial charge in [0.2, 0.25) is 11.8 Å². The largest absolute Gasteiger partial charge is 0.381 e. The zero-order chi connectivity index (χ0) is 23.4. The number of carbonyl (C=O) groups excluding carboxylic acids is 3. The Hall–Kier alpha value is -3.20. The number of aromatic nitrogens is 2. The molecular weight excluding hydrogens is 434 g/mol. The maximum atomic E-state index is 13.4. The number of fused-ring (bicyclic) bond motifs is 3. The third kappa shape index (κ3) is 3.50. The van der Waals surface area contributed by atoms with Gasteiger partial charge in [0.15, 0.2) is 0 Å². The van der Waals surface area contributed by atoms with Crippen LogP contribution in [0.4, 0.5) is 11.4 Å². The van der Waals surface area contributed by atoms with Crippen LogP contribution in [0.5, 0.6) is 0 Å². The Labute approximate surface area is 197 Å². The smallest absolute Gasteiger partial charge is 0.270 e. The summed E-state index contributed by atoms with van der Waals surface area (Å²) in [6.45, 7) is 1.12. The van der Waals surface area contributed by atoms with Crippen LogP contribution in [0.25, 0.3) is 0 Å². The molecule has 4 aliphatic rings. The molecule has 0 bridgehead atoms. The highest BCUT2D eigenvalue weighted by Gasteiger charge is 2.50. The van der Waals surface area contributed by atoms with E-state index in [9.17, 15) is 14.4 Å². The highest BCUT2D eigenvalue weighted by Crippen LogP contribution is 2.55. The van der Waals surface area contributed by atoms with Gasteiger partial charge in [0.05, 0.1) is 5.41 Å². The van der Waals surface area contributed by atoms with Crippen LogP contribution in [0.1, 0.15) is 48.2 Å². The minimum absolute atomic E-state index is 0.000717. The molecule has 34 heavy (non-hydrogen) atoms. The van der Waals surface area contributed by atoms with E-state index in [1.807, 2.05) is 18.2 Å². The fourth-order valence-electron chi connectivity index (χ4n) is 6.19. The van der Waals surface area contributed by atoms with E-state index in [4.69, 9.17) is 4.74 Å². The van der Waals surface area contributed by atoms with E-state index in [1.54, 1.807) is 19.3 Å². The second-order valence-corrected chi connectivity index (χ2v) is 10.2. The summed E-state index contributed by atoms with van der Waals surface area (Å²) in [6, 6.07) is 6.62. The summed E-state index contributed by atoms with van der Waals surface area (Å²) in [5, 5.41) is 13.0. The second-order valence-electron chi connectivity index (χ2n) is 10.2. The first-order valence-corrected chi connectivity index (χ1v) is 12.1. The van der Waals surface area contributed by atoms with E-state index in [-0.39, 0.29) is 23.6 Å². The number of aryl methyl sites for hydroxylation is 1. The molecule has 178 valence electrons. The molecule has 3 unspecified atom stereocenters. The van der Waals surface area contributed by atoms with E-state index in [0.29, 0.717) is 49.3 Å². The number of anilines is 2. The Morgan fingerprint density at radius 3 is 2.65 bits per heavy atom. The van der Waals surface area contributed by atoms with Crippen molar-refractivity contribution < 1.29 is 19.1 Å². The van der Waals surface area contributed by atoms with Crippen molar-refractivity contribution in [3.05, 3.63) is 41.7 Å². The summed E-state index contributed by atoms with van der Waals surface area (Å²) in [5.74, 6) is 0.941. The summed E-state index contributed by atoms with van der Waals surface area (Å²) in [5.41, 5.74) is 2.19. The van der Waals surface area contributed by atoms with Crippen LogP contribution in [-0.4, -0.2) is 46.8 Å². The van der Waals surface area contributed by atoms with Gasteiger partial charge in [-0.2, -0.15) is 5.10 Å². The molecule has 9 nitrogen and oxygen atoms in total. The van der Waals surface area contributed by atoms with Crippen molar-refractivity contribution in [1.29, 1.82) is 0 Å². The monoisotopic (exact) mass is 463 g/mol. The predicted molar refractivity (Wildman–Crippen MR) is 124 cm³/mol. The fraction of sp³-hybridized carbons (Fsp3) is 0.520. The molecular formula is C25H29N5O4. The Kier molecular flexibility index (Phi) is 4.98. The highest BCUT2D eigenvalue weighted by molar-refractivity contribution is 6.07. The summed E-state index contributed by atoms with van der Waals surface area (Å²) in [7, 11) is 1.71. The van der Waals surface area contributed by atoms with Gasteiger partial charge in [-0.25, -0.2) is 0 Å². The highest BCUT2D eigenvalue weighted by atomic mass is 16.5. The van der Waals surface area contributed by atoms with Crippen LogP contribution in [0.2, 0.25) is 0 Å². The van der Waals surface area contributed by atoms with Gasteiger partial charge in [0.1, 0.15) is 11.7 Å². The molecule has 3 amide bonds. The number of nitrogens with zero attached hydrogens (tertiary/aromatic N) is 2. The number of ether oxygens (including phenoxy) is 1. The third-order valence-electron chi connectivity index (χ3n) is 8.21. The molecule has 3 atom stereocenters. The molecule has 2 aromatic rings. The van der Waals surface area contributed by atoms with Crippen LogP contribution in [0.3, 0.4) is 0 Å². The van der Waals surface area contributed by atoms with Gasteiger partial charge in [-0.3, -0.25) is 19.1 Å². The molecule has 1 aromatic carbocycles. The standard InChI is InChI=1S/C25H29N5O4/c1-30-20(4-7-26-30)22(31)29-21(16-11-14-10-15(14)12-16)23(32)27-17-2-3-18-19(13-17)28-24(33)25(18)5-8-34-9-6-25/h2-4,7,13-16,21H,5-6,8-12H2,1H3,(H,27,32)(H,28,33)(H,29,31). The van der Waals surface area contributed by atoms with Gasteiger partial charge < -0.3 is 20.7 Å². The third-order valence-corrected chi connectivity index (χ3v) is 8.21. The number of amides is 3. The lowest BCUT2D eigenvalue weighted by molar-refractivity contribution is -0.124. The molecule has 2 saturated carbocycles. The van der Waals surface area contributed by atoms with Crippen molar-refractivity contribution in [2.24, 2.45) is 24.8 Å². The van der Waals surface area contributed by atoms with E-state index in [0.717, 1.165) is 24.1 Å². The first-order valence-electron chi connectivity index (χ1n) is 12.1. The molecule has 3 fully saturated rings. The molecule has 2 aliphatic carbocycles. The molecule has 0 radical (unpaired) electrons. The van der Waals surface area contributed by atoms with Gasteiger partial charge in [-0.15, -0.1) is 0 Å². The normalized spacial score (nSPS) is 27.0. The summed E-state index contributed by atoms with van der Waals surface area (Å²) in [4.78, 5) is 39.1. The van der Waals surface area contributed by atoms with Gasteiger partial charge in [-0.1, -0.05) is 6.07 Å². The quantitative estimate of drug-likeness (QED) is 0.629. The van der Waals surface area contributed by atoms with Crippen molar-refractivity contribution in [3.8, 4) is 0 Å². The molecule has 3 heterocycles. The first-order chi connectivity index (χ1) is 16.4. The molecule has 9 heteroatoms. The van der Waals surface area contributed by atoms with Crippen LogP contribution in [0, 0.1) is 17.8 Å². The average molecular weight is 464 g/mol. The van der Waals surface area contributed by atoms with Crippen molar-refractivity contribution in [2.45, 2.75) is 43.6 Å². The van der Waals surface area contributed by atoms with Crippen molar-refractivity contribution in [2.75, 3.05) is 23.8 Å². The van der Waals surface area contributed by atoms with E-state index in [2.05, 4.69) is 21.0 Å². The van der Waals surface area contributed by atoms with Gasteiger partial charge in [-0.05, 0) is 73.6 Å². The number of hydrogen-bond acceptors (Lipinski definition) is 5. The number of nitrogens with one attached hydrogen (secondary N) is 3. The SMILES string of the molecule is Cn1nccc1C(=O)NC(C(=O)Nc1ccc2c(c1)NC(=O)C21CCOCC1)C1CC2CC2C1. The summed E-state index contributed by atoms with van der Waals surface area (Å²) in [6.07, 6.45) is 6.03. The van der Waals surface area contributed by atoms with E-state index in [1.165, 1.54) is 11.1 Å². The van der Waals surface area contributed by atoms with Crippen molar-refractivity contribution >= 4 is 29.1 Å². The Morgan fingerprint density at radius 1 is 1.18 bits per heavy atom. The fourth-order valence-corrected chi connectivity index (χ4v) is 6.19. The molecule has 1 saturated heterocycles. The number of rotatable bonds is 5. The lowest BCUT2D eigenvalue weighted by Crippen LogP contribution is -2.48. The zero-order valence-corrected chi connectivity index (χ0v) is 19.2. The van der Waals surface area contributed by atoms with Gasteiger partial charge in [0, 0.05) is 37.8 Å². The van der Waals surface area contributed by atoms with Crippen LogP contribution in [-0.2, 0) is 26.8 Å². The Bertz CT molecular complexity index is 1160.